The van der Waals surface area contributed by atoms with Crippen LogP contribution < -0.4 is 4.74 Å². The lowest BCUT2D eigenvalue weighted by Gasteiger charge is -2.39. The van der Waals surface area contributed by atoms with E-state index in [1.807, 2.05) is 29.2 Å². The normalized spacial score (nSPS) is 27.5. The number of aliphatic hydroxyl groups is 1. The maximum atomic E-state index is 12.7. The van der Waals surface area contributed by atoms with Gasteiger partial charge in [-0.05, 0) is 62.3 Å². The first-order chi connectivity index (χ1) is 12.2. The first-order valence-corrected chi connectivity index (χ1v) is 9.65. The summed E-state index contributed by atoms with van der Waals surface area (Å²) in [4.78, 5) is 17.0. The van der Waals surface area contributed by atoms with Crippen molar-refractivity contribution in [1.82, 2.24) is 9.80 Å². The van der Waals surface area contributed by atoms with Gasteiger partial charge in [0.2, 0.25) is 0 Å². The highest BCUT2D eigenvalue weighted by Gasteiger charge is 2.33. The number of hydrogen-bond donors (Lipinski definition) is 1. The summed E-state index contributed by atoms with van der Waals surface area (Å²) in [5.41, 5.74) is 0.730. The Morgan fingerprint density at radius 1 is 1.04 bits per heavy atom. The summed E-state index contributed by atoms with van der Waals surface area (Å²) in [5, 5.41) is 10.1. The van der Waals surface area contributed by atoms with Crippen molar-refractivity contribution in [3.63, 3.8) is 0 Å². The predicted molar refractivity (Wildman–Crippen MR) is 95.8 cm³/mol. The minimum Gasteiger partial charge on any atom is -0.493 e. The van der Waals surface area contributed by atoms with Crippen molar-refractivity contribution in [3.05, 3.63) is 29.8 Å². The molecule has 25 heavy (non-hydrogen) atoms. The Balaban J connectivity index is 1.29. The lowest BCUT2D eigenvalue weighted by atomic mass is 10.1. The van der Waals surface area contributed by atoms with Crippen LogP contribution in [0, 0.1) is 5.92 Å². The van der Waals surface area contributed by atoms with Gasteiger partial charge in [-0.1, -0.05) is 0 Å². The summed E-state index contributed by atoms with van der Waals surface area (Å²) >= 11 is 0. The number of hydrogen-bond acceptors (Lipinski definition) is 4. The van der Waals surface area contributed by atoms with Crippen LogP contribution in [0.15, 0.2) is 24.3 Å². The molecule has 5 nitrogen and oxygen atoms in total. The predicted octanol–water partition coefficient (Wildman–Crippen LogP) is 2.15. The number of amides is 1. The molecule has 0 spiro atoms. The van der Waals surface area contributed by atoms with Gasteiger partial charge in [0.1, 0.15) is 5.75 Å². The molecule has 3 fully saturated rings. The molecule has 2 atom stereocenters. The number of carbonyl (C=O) groups excluding carboxylic acids is 1. The highest BCUT2D eigenvalue weighted by molar-refractivity contribution is 5.94. The molecule has 1 aromatic carbocycles. The molecule has 2 aliphatic carbocycles. The number of benzene rings is 1. The molecule has 136 valence electrons. The fraction of sp³-hybridized carbons (Fsp3) is 0.650. The topological polar surface area (TPSA) is 53.0 Å². The SMILES string of the molecule is O=C(c1ccc(OCC2CC2)cc1)N1CCN([C@H]2CCC[C@H]2O)CC1. The molecule has 3 aliphatic rings. The lowest BCUT2D eigenvalue weighted by molar-refractivity contribution is 0.0315. The van der Waals surface area contributed by atoms with Crippen molar-refractivity contribution in [2.75, 3.05) is 32.8 Å². The minimum atomic E-state index is -0.189. The third kappa shape index (κ3) is 3.98. The van der Waals surface area contributed by atoms with Crippen LogP contribution >= 0.6 is 0 Å². The van der Waals surface area contributed by atoms with Crippen LogP contribution in [-0.4, -0.2) is 65.7 Å². The number of aliphatic hydroxyl groups excluding tert-OH is 1. The quantitative estimate of drug-likeness (QED) is 0.889. The van der Waals surface area contributed by atoms with E-state index in [4.69, 9.17) is 4.74 Å². The van der Waals surface area contributed by atoms with E-state index in [0.29, 0.717) is 6.04 Å². The maximum absolute atomic E-state index is 12.7. The molecule has 2 saturated carbocycles. The molecule has 5 heteroatoms. The molecule has 1 amide bonds. The summed E-state index contributed by atoms with van der Waals surface area (Å²) in [7, 11) is 0. The Morgan fingerprint density at radius 2 is 1.76 bits per heavy atom. The van der Waals surface area contributed by atoms with Gasteiger partial charge in [-0.3, -0.25) is 9.69 Å². The van der Waals surface area contributed by atoms with Gasteiger partial charge in [-0.25, -0.2) is 0 Å². The first kappa shape index (κ1) is 16.9. The fourth-order valence-corrected chi connectivity index (χ4v) is 3.98. The highest BCUT2D eigenvalue weighted by Crippen LogP contribution is 2.29. The third-order valence-corrected chi connectivity index (χ3v) is 5.80. The highest BCUT2D eigenvalue weighted by atomic mass is 16.5. The average molecular weight is 344 g/mol. The molecule has 4 rings (SSSR count). The van der Waals surface area contributed by atoms with E-state index in [1.165, 1.54) is 12.8 Å². The third-order valence-electron chi connectivity index (χ3n) is 5.80. The van der Waals surface area contributed by atoms with E-state index in [9.17, 15) is 9.90 Å². The zero-order valence-corrected chi connectivity index (χ0v) is 14.8. The van der Waals surface area contributed by atoms with E-state index in [-0.39, 0.29) is 12.0 Å². The van der Waals surface area contributed by atoms with Crippen LogP contribution in [0.2, 0.25) is 0 Å². The molecule has 1 N–H and O–H groups in total. The zero-order chi connectivity index (χ0) is 17.2. The Labute approximate surface area is 149 Å². The minimum absolute atomic E-state index is 0.0976. The summed E-state index contributed by atoms with van der Waals surface area (Å²) in [6, 6.07) is 7.84. The number of nitrogens with zero attached hydrogens (tertiary/aromatic N) is 2. The zero-order valence-electron chi connectivity index (χ0n) is 14.8. The number of piperazine rings is 1. The first-order valence-electron chi connectivity index (χ1n) is 9.65. The Kier molecular flexibility index (Phi) is 4.95. The molecule has 0 unspecified atom stereocenters. The largest absolute Gasteiger partial charge is 0.493 e. The van der Waals surface area contributed by atoms with E-state index >= 15 is 0 Å². The van der Waals surface area contributed by atoms with Crippen LogP contribution in [-0.2, 0) is 0 Å². The van der Waals surface area contributed by atoms with E-state index in [0.717, 1.165) is 69.3 Å². The van der Waals surface area contributed by atoms with Crippen molar-refractivity contribution in [3.8, 4) is 5.75 Å². The summed E-state index contributed by atoms with van der Waals surface area (Å²) in [6.45, 7) is 3.98. The van der Waals surface area contributed by atoms with Crippen molar-refractivity contribution in [2.24, 2.45) is 5.92 Å². The second-order valence-corrected chi connectivity index (χ2v) is 7.67. The van der Waals surface area contributed by atoms with Crippen LogP contribution in [0.3, 0.4) is 0 Å². The lowest BCUT2D eigenvalue weighted by Crippen LogP contribution is -2.53. The van der Waals surface area contributed by atoms with Gasteiger partial charge in [0.15, 0.2) is 0 Å². The Hall–Kier alpha value is -1.59. The van der Waals surface area contributed by atoms with Crippen LogP contribution in [0.1, 0.15) is 42.5 Å². The van der Waals surface area contributed by atoms with Crippen molar-refractivity contribution in [1.29, 1.82) is 0 Å². The van der Waals surface area contributed by atoms with Gasteiger partial charge in [0, 0.05) is 37.8 Å². The number of ether oxygens (including phenoxy) is 1. The molecular weight excluding hydrogens is 316 g/mol. The molecule has 0 bridgehead atoms. The van der Waals surface area contributed by atoms with E-state index in [1.54, 1.807) is 0 Å². The monoisotopic (exact) mass is 344 g/mol. The molecule has 1 aromatic rings. The maximum Gasteiger partial charge on any atom is 0.253 e. The van der Waals surface area contributed by atoms with Gasteiger partial charge >= 0.3 is 0 Å². The van der Waals surface area contributed by atoms with Gasteiger partial charge in [-0.2, -0.15) is 0 Å². The Bertz CT molecular complexity index is 591. The average Bonchev–Trinajstić information content (AvgIpc) is 3.39. The van der Waals surface area contributed by atoms with E-state index < -0.39 is 0 Å². The Morgan fingerprint density at radius 3 is 2.36 bits per heavy atom. The van der Waals surface area contributed by atoms with Gasteiger partial charge in [0.05, 0.1) is 12.7 Å². The van der Waals surface area contributed by atoms with Crippen molar-refractivity contribution in [2.45, 2.75) is 44.2 Å². The fourth-order valence-electron chi connectivity index (χ4n) is 3.98. The van der Waals surface area contributed by atoms with Gasteiger partial charge in [0.25, 0.3) is 5.91 Å². The van der Waals surface area contributed by atoms with E-state index in [2.05, 4.69) is 4.90 Å². The standard InChI is InChI=1S/C20H28N2O3/c23-19-3-1-2-18(19)21-10-12-22(13-11-21)20(24)16-6-8-17(9-7-16)25-14-15-4-5-15/h6-9,15,18-19,23H,1-5,10-14H2/t18-,19+/m0/s1. The summed E-state index contributed by atoms with van der Waals surface area (Å²) in [5.74, 6) is 1.68. The summed E-state index contributed by atoms with van der Waals surface area (Å²) < 4.78 is 5.74. The van der Waals surface area contributed by atoms with Crippen LogP contribution in [0.25, 0.3) is 0 Å². The molecule has 1 saturated heterocycles. The van der Waals surface area contributed by atoms with Crippen molar-refractivity contribution >= 4 is 5.91 Å². The second kappa shape index (κ2) is 7.34. The second-order valence-electron chi connectivity index (χ2n) is 7.67. The molecular formula is C20H28N2O3. The molecule has 0 aromatic heterocycles. The van der Waals surface area contributed by atoms with Crippen molar-refractivity contribution < 1.29 is 14.6 Å². The molecule has 0 radical (unpaired) electrons. The molecule has 1 heterocycles. The van der Waals surface area contributed by atoms with Crippen LogP contribution in [0.4, 0.5) is 0 Å². The van der Waals surface area contributed by atoms with Crippen LogP contribution in [0.5, 0.6) is 5.75 Å². The number of rotatable bonds is 5. The van der Waals surface area contributed by atoms with Gasteiger partial charge in [-0.15, -0.1) is 0 Å². The molecule has 1 aliphatic heterocycles. The smallest absolute Gasteiger partial charge is 0.253 e. The number of carbonyl (C=O) groups is 1. The van der Waals surface area contributed by atoms with Gasteiger partial charge < -0.3 is 14.7 Å². The summed E-state index contributed by atoms with van der Waals surface area (Å²) in [6.07, 6.45) is 5.47.